The molecule has 0 saturated heterocycles. The van der Waals surface area contributed by atoms with Gasteiger partial charge in [-0.2, -0.15) is 8.78 Å². The number of carbonyl (C=O) groups excluding carboxylic acids is 3. The van der Waals surface area contributed by atoms with E-state index in [9.17, 15) is 23.2 Å². The lowest BCUT2D eigenvalue weighted by Crippen LogP contribution is -2.21. The van der Waals surface area contributed by atoms with Crippen LogP contribution >= 0.6 is 11.3 Å². The van der Waals surface area contributed by atoms with E-state index in [2.05, 4.69) is 10.1 Å². The van der Waals surface area contributed by atoms with Crippen LogP contribution in [0.4, 0.5) is 13.8 Å². The Morgan fingerprint density at radius 2 is 1.86 bits per heavy atom. The summed E-state index contributed by atoms with van der Waals surface area (Å²) in [5, 5.41) is 2.83. The number of esters is 2. The van der Waals surface area contributed by atoms with Gasteiger partial charge in [0.05, 0.1) is 17.7 Å². The summed E-state index contributed by atoms with van der Waals surface area (Å²) in [6.45, 7) is 1.74. The fourth-order valence-electron chi connectivity index (χ4n) is 2.34. The Morgan fingerprint density at radius 3 is 2.52 bits per heavy atom. The van der Waals surface area contributed by atoms with Crippen molar-refractivity contribution in [3.05, 3.63) is 45.8 Å². The molecule has 0 radical (unpaired) electrons. The lowest BCUT2D eigenvalue weighted by Gasteiger charge is -2.09. The standard InChI is InChI=1S/C19H19F2NO6S/c1-4-26-18(25)15-10(2)11(3)29-16(15)22-14(23)9-27-17(24)12-6-5-7-13(8-12)28-19(20)21/h5-8,19H,4,9H2,1-3H3,(H,22,23). The molecule has 7 nitrogen and oxygen atoms in total. The van der Waals surface area contributed by atoms with Crippen molar-refractivity contribution in [1.29, 1.82) is 0 Å². The molecular formula is C19H19F2NO6S. The lowest BCUT2D eigenvalue weighted by molar-refractivity contribution is -0.119. The first kappa shape index (κ1) is 22.3. The van der Waals surface area contributed by atoms with E-state index < -0.39 is 31.1 Å². The van der Waals surface area contributed by atoms with Gasteiger partial charge in [0, 0.05) is 4.88 Å². The number of alkyl halides is 2. The Kier molecular flexibility index (Phi) is 7.66. The summed E-state index contributed by atoms with van der Waals surface area (Å²) in [6.07, 6.45) is 0. The molecule has 29 heavy (non-hydrogen) atoms. The number of hydrogen-bond donors (Lipinski definition) is 1. The highest BCUT2D eigenvalue weighted by molar-refractivity contribution is 7.16. The molecule has 1 heterocycles. The number of anilines is 1. The van der Waals surface area contributed by atoms with Gasteiger partial charge in [-0.25, -0.2) is 9.59 Å². The molecule has 0 unspecified atom stereocenters. The summed E-state index contributed by atoms with van der Waals surface area (Å²) in [4.78, 5) is 37.2. The second kappa shape index (κ2) is 9.97. The Hall–Kier alpha value is -3.01. The maximum atomic E-state index is 12.3. The van der Waals surface area contributed by atoms with Crippen molar-refractivity contribution in [1.82, 2.24) is 0 Å². The van der Waals surface area contributed by atoms with Crippen molar-refractivity contribution in [3.8, 4) is 5.75 Å². The Bertz CT molecular complexity index is 912. The van der Waals surface area contributed by atoms with Crippen LogP contribution in [0.25, 0.3) is 0 Å². The molecule has 2 aromatic rings. The minimum Gasteiger partial charge on any atom is -0.462 e. The number of hydrogen-bond acceptors (Lipinski definition) is 7. The molecule has 1 aromatic heterocycles. The molecular weight excluding hydrogens is 408 g/mol. The Balaban J connectivity index is 2.01. The Morgan fingerprint density at radius 1 is 1.14 bits per heavy atom. The number of aryl methyl sites for hydroxylation is 1. The quantitative estimate of drug-likeness (QED) is 0.642. The molecule has 1 aromatic carbocycles. The van der Waals surface area contributed by atoms with Crippen LogP contribution in [0.5, 0.6) is 5.75 Å². The molecule has 0 atom stereocenters. The van der Waals surface area contributed by atoms with E-state index in [0.717, 1.165) is 10.9 Å². The topological polar surface area (TPSA) is 90.9 Å². The molecule has 2 rings (SSSR count). The predicted molar refractivity (Wildman–Crippen MR) is 102 cm³/mol. The zero-order valence-corrected chi connectivity index (χ0v) is 16.7. The molecule has 0 spiro atoms. The van der Waals surface area contributed by atoms with Gasteiger partial charge in [0.1, 0.15) is 10.8 Å². The third-order valence-corrected chi connectivity index (χ3v) is 4.87. The van der Waals surface area contributed by atoms with Gasteiger partial charge >= 0.3 is 18.6 Å². The van der Waals surface area contributed by atoms with Crippen molar-refractivity contribution >= 4 is 34.2 Å². The number of halogens is 2. The number of amides is 1. The van der Waals surface area contributed by atoms with E-state index in [1.807, 2.05) is 0 Å². The zero-order valence-electron chi connectivity index (χ0n) is 15.9. The molecule has 0 aliphatic carbocycles. The van der Waals surface area contributed by atoms with Crippen molar-refractivity contribution in [2.75, 3.05) is 18.5 Å². The average molecular weight is 427 g/mol. The summed E-state index contributed by atoms with van der Waals surface area (Å²) in [5.41, 5.74) is 0.897. The maximum absolute atomic E-state index is 12.3. The highest BCUT2D eigenvalue weighted by Crippen LogP contribution is 2.33. The summed E-state index contributed by atoms with van der Waals surface area (Å²) < 4.78 is 38.6. The number of benzene rings is 1. The van der Waals surface area contributed by atoms with E-state index in [4.69, 9.17) is 9.47 Å². The number of ether oxygens (including phenoxy) is 3. The summed E-state index contributed by atoms with van der Waals surface area (Å²) in [5.74, 6) is -2.31. The van der Waals surface area contributed by atoms with Crippen molar-refractivity contribution < 1.29 is 37.4 Å². The van der Waals surface area contributed by atoms with Gasteiger partial charge in [0.2, 0.25) is 0 Å². The molecule has 0 aliphatic heterocycles. The fraction of sp³-hybridized carbons (Fsp3) is 0.316. The molecule has 0 saturated carbocycles. The van der Waals surface area contributed by atoms with Crippen LogP contribution in [0.2, 0.25) is 0 Å². The van der Waals surface area contributed by atoms with E-state index in [1.54, 1.807) is 20.8 Å². The largest absolute Gasteiger partial charge is 0.462 e. The number of rotatable bonds is 8. The number of nitrogens with one attached hydrogen (secondary N) is 1. The molecule has 10 heteroatoms. The highest BCUT2D eigenvalue weighted by atomic mass is 32.1. The summed E-state index contributed by atoms with van der Waals surface area (Å²) >= 11 is 1.20. The second-order valence-electron chi connectivity index (χ2n) is 5.74. The van der Waals surface area contributed by atoms with Gasteiger partial charge in [-0.1, -0.05) is 6.07 Å². The fourth-order valence-corrected chi connectivity index (χ4v) is 3.41. The van der Waals surface area contributed by atoms with Gasteiger partial charge in [-0.3, -0.25) is 4.79 Å². The van der Waals surface area contributed by atoms with E-state index in [0.29, 0.717) is 10.6 Å². The van der Waals surface area contributed by atoms with Crippen molar-refractivity contribution in [2.45, 2.75) is 27.4 Å². The zero-order chi connectivity index (χ0) is 21.6. The molecule has 0 bridgehead atoms. The first-order valence-corrected chi connectivity index (χ1v) is 9.33. The van der Waals surface area contributed by atoms with Gasteiger partial charge in [0.15, 0.2) is 6.61 Å². The highest BCUT2D eigenvalue weighted by Gasteiger charge is 2.22. The minimum absolute atomic E-state index is 0.0500. The van der Waals surface area contributed by atoms with E-state index in [1.165, 1.54) is 29.5 Å². The van der Waals surface area contributed by atoms with Gasteiger partial charge in [-0.15, -0.1) is 11.3 Å². The van der Waals surface area contributed by atoms with Crippen molar-refractivity contribution in [2.24, 2.45) is 0 Å². The third-order valence-electron chi connectivity index (χ3n) is 3.75. The van der Waals surface area contributed by atoms with E-state index >= 15 is 0 Å². The van der Waals surface area contributed by atoms with Crippen LogP contribution in [-0.2, 0) is 14.3 Å². The number of carbonyl (C=O) groups is 3. The van der Waals surface area contributed by atoms with Crippen LogP contribution in [-0.4, -0.2) is 37.7 Å². The number of thiophene rings is 1. The van der Waals surface area contributed by atoms with Crippen LogP contribution in [0.15, 0.2) is 24.3 Å². The lowest BCUT2D eigenvalue weighted by atomic mass is 10.1. The smallest absolute Gasteiger partial charge is 0.387 e. The first-order valence-electron chi connectivity index (χ1n) is 8.51. The van der Waals surface area contributed by atoms with Gasteiger partial charge in [-0.05, 0) is 44.5 Å². The van der Waals surface area contributed by atoms with Crippen LogP contribution in [0.3, 0.4) is 0 Å². The summed E-state index contributed by atoms with van der Waals surface area (Å²) in [6, 6.07) is 5.02. The van der Waals surface area contributed by atoms with Crippen LogP contribution in [0.1, 0.15) is 38.1 Å². The second-order valence-corrected chi connectivity index (χ2v) is 6.96. The van der Waals surface area contributed by atoms with Crippen molar-refractivity contribution in [3.63, 3.8) is 0 Å². The molecule has 156 valence electrons. The normalized spacial score (nSPS) is 10.6. The third kappa shape index (κ3) is 5.98. The monoisotopic (exact) mass is 427 g/mol. The van der Waals surface area contributed by atoms with Gasteiger partial charge < -0.3 is 19.5 Å². The van der Waals surface area contributed by atoms with Crippen LogP contribution in [0, 0.1) is 13.8 Å². The Labute approximate surface area is 169 Å². The van der Waals surface area contributed by atoms with Gasteiger partial charge in [0.25, 0.3) is 5.91 Å². The van der Waals surface area contributed by atoms with Crippen LogP contribution < -0.4 is 10.1 Å². The molecule has 0 aliphatic rings. The predicted octanol–water partition coefficient (Wildman–Crippen LogP) is 3.94. The first-order chi connectivity index (χ1) is 13.7. The molecule has 1 amide bonds. The van der Waals surface area contributed by atoms with E-state index in [-0.39, 0.29) is 23.5 Å². The molecule has 0 fully saturated rings. The maximum Gasteiger partial charge on any atom is 0.387 e. The summed E-state index contributed by atoms with van der Waals surface area (Å²) in [7, 11) is 0. The average Bonchev–Trinajstić information content (AvgIpc) is 2.93. The minimum atomic E-state index is -3.03. The molecule has 1 N–H and O–H groups in total. The SMILES string of the molecule is CCOC(=O)c1c(NC(=O)COC(=O)c2cccc(OC(F)F)c2)sc(C)c1C.